The highest BCUT2D eigenvalue weighted by Gasteiger charge is 2.10. The molecule has 0 saturated carbocycles. The molecule has 0 fully saturated rings. The van der Waals surface area contributed by atoms with Crippen LogP contribution in [-0.2, 0) is 18.4 Å². The Balaban J connectivity index is 1.76. The third-order valence-electron chi connectivity index (χ3n) is 3.94. The number of rotatable bonds is 7. The lowest BCUT2D eigenvalue weighted by atomic mass is 10.1. The van der Waals surface area contributed by atoms with Gasteiger partial charge in [-0.15, -0.1) is 0 Å². The van der Waals surface area contributed by atoms with Gasteiger partial charge in [0.2, 0.25) is 6.41 Å². The Morgan fingerprint density at radius 1 is 1.27 bits per heavy atom. The van der Waals surface area contributed by atoms with Gasteiger partial charge in [0.15, 0.2) is 0 Å². The Hall–Kier alpha value is -2.80. The Morgan fingerprint density at radius 2 is 2.04 bits per heavy atom. The van der Waals surface area contributed by atoms with Gasteiger partial charge in [-0.2, -0.15) is 5.10 Å². The minimum absolute atomic E-state index is 0.438. The van der Waals surface area contributed by atoms with Crippen LogP contribution in [0.25, 0.3) is 11.3 Å². The average molecular weight is 415 g/mol. The van der Waals surface area contributed by atoms with Crippen molar-refractivity contribution in [3.63, 3.8) is 0 Å². The summed E-state index contributed by atoms with van der Waals surface area (Å²) in [4.78, 5) is 11.5. The molecule has 0 atom stereocenters. The van der Waals surface area contributed by atoms with E-state index in [9.17, 15) is 4.79 Å². The van der Waals surface area contributed by atoms with Gasteiger partial charge in [0.1, 0.15) is 5.75 Å². The largest absolute Gasteiger partial charge is 0.497 e. The maximum atomic E-state index is 11.5. The van der Waals surface area contributed by atoms with Crippen LogP contribution < -0.4 is 10.2 Å². The first-order valence-electron chi connectivity index (χ1n) is 8.00. The second-order valence-corrected chi connectivity index (χ2v) is 6.59. The number of aromatic nitrogens is 2. The molecule has 3 aromatic rings. The second kappa shape index (κ2) is 8.05. The van der Waals surface area contributed by atoms with E-state index in [0.717, 1.165) is 39.1 Å². The predicted molar refractivity (Wildman–Crippen MR) is 105 cm³/mol. The van der Waals surface area contributed by atoms with Crippen LogP contribution in [0.4, 0.5) is 5.69 Å². The number of amides is 1. The normalized spacial score (nSPS) is 10.4. The number of benzene rings is 2. The maximum Gasteiger partial charge on any atom is 0.228 e. The van der Waals surface area contributed by atoms with Crippen LogP contribution in [0.3, 0.4) is 0 Å². The molecule has 0 unspecified atom stereocenters. The number of carbonyl (C=O) groups is 1. The van der Waals surface area contributed by atoms with Gasteiger partial charge in [0.05, 0.1) is 35.7 Å². The lowest BCUT2D eigenvalue weighted by Crippen LogP contribution is -2.27. The van der Waals surface area contributed by atoms with Gasteiger partial charge >= 0.3 is 0 Å². The summed E-state index contributed by atoms with van der Waals surface area (Å²) in [6.07, 6.45) is 2.54. The van der Waals surface area contributed by atoms with Crippen LogP contribution in [-0.4, -0.2) is 28.3 Å². The van der Waals surface area contributed by atoms with Gasteiger partial charge in [-0.25, -0.2) is 0 Å². The fourth-order valence-electron chi connectivity index (χ4n) is 2.67. The van der Waals surface area contributed by atoms with Crippen LogP contribution >= 0.6 is 15.9 Å². The molecular weight excluding hydrogens is 396 g/mol. The van der Waals surface area contributed by atoms with Crippen LogP contribution in [0.2, 0.25) is 0 Å². The summed E-state index contributed by atoms with van der Waals surface area (Å²) in [5, 5.41) is 5.74. The van der Waals surface area contributed by atoms with Gasteiger partial charge in [0.25, 0.3) is 0 Å². The number of hydrogen-bond donors (Lipinski definition) is 1. The standard InChI is InChI=1S/C19H19BrN4O2/c1-23-19(18(20)11-21-23)15-4-3-5-16(10-15)22-24(13-25)12-14-6-8-17(26-2)9-7-14/h3-11,13,22H,12H2,1-2H3. The van der Waals surface area contributed by atoms with Crippen LogP contribution in [0.5, 0.6) is 5.75 Å². The molecule has 1 amide bonds. The smallest absolute Gasteiger partial charge is 0.228 e. The van der Waals surface area contributed by atoms with Gasteiger partial charge in [-0.3, -0.25) is 19.9 Å². The van der Waals surface area contributed by atoms with E-state index in [-0.39, 0.29) is 0 Å². The number of anilines is 1. The van der Waals surface area contributed by atoms with E-state index in [1.807, 2.05) is 55.6 Å². The molecule has 6 nitrogen and oxygen atoms in total. The number of aryl methyl sites for hydroxylation is 1. The van der Waals surface area contributed by atoms with E-state index in [0.29, 0.717) is 6.54 Å². The van der Waals surface area contributed by atoms with E-state index >= 15 is 0 Å². The summed E-state index contributed by atoms with van der Waals surface area (Å²) < 4.78 is 7.88. The molecule has 26 heavy (non-hydrogen) atoms. The van der Waals surface area contributed by atoms with Gasteiger partial charge in [-0.05, 0) is 45.8 Å². The van der Waals surface area contributed by atoms with Crippen molar-refractivity contribution >= 4 is 28.0 Å². The third-order valence-corrected chi connectivity index (χ3v) is 4.52. The lowest BCUT2D eigenvalue weighted by molar-refractivity contribution is -0.117. The van der Waals surface area contributed by atoms with Crippen molar-refractivity contribution in [2.75, 3.05) is 12.5 Å². The number of carbonyl (C=O) groups excluding carboxylic acids is 1. The second-order valence-electron chi connectivity index (χ2n) is 5.74. The van der Waals surface area contributed by atoms with Crippen molar-refractivity contribution in [1.82, 2.24) is 14.8 Å². The minimum atomic E-state index is 0.438. The average Bonchev–Trinajstić information content (AvgIpc) is 3.00. The number of methoxy groups -OCH3 is 1. The quantitative estimate of drug-likeness (QED) is 0.471. The molecule has 3 rings (SSSR count). The van der Waals surface area contributed by atoms with Crippen LogP contribution in [0, 0.1) is 0 Å². The van der Waals surface area contributed by atoms with Gasteiger partial charge < -0.3 is 4.74 Å². The van der Waals surface area contributed by atoms with E-state index < -0.39 is 0 Å². The van der Waals surface area contributed by atoms with E-state index in [1.54, 1.807) is 18.0 Å². The van der Waals surface area contributed by atoms with Crippen molar-refractivity contribution < 1.29 is 9.53 Å². The topological polar surface area (TPSA) is 59.4 Å². The highest BCUT2D eigenvalue weighted by molar-refractivity contribution is 9.10. The monoisotopic (exact) mass is 414 g/mol. The van der Waals surface area contributed by atoms with E-state index in [1.165, 1.54) is 5.01 Å². The molecule has 1 heterocycles. The van der Waals surface area contributed by atoms with Crippen LogP contribution in [0.15, 0.2) is 59.2 Å². The maximum absolute atomic E-state index is 11.5. The molecule has 0 bridgehead atoms. The van der Waals surface area contributed by atoms with E-state index in [4.69, 9.17) is 4.74 Å². The Bertz CT molecular complexity index is 873. The first-order valence-corrected chi connectivity index (χ1v) is 8.79. The molecule has 0 radical (unpaired) electrons. The summed E-state index contributed by atoms with van der Waals surface area (Å²) >= 11 is 3.52. The SMILES string of the molecule is COc1ccc(CN(C=O)Nc2cccc(-c3c(Br)cnn3C)c2)cc1. The Kier molecular flexibility index (Phi) is 5.58. The van der Waals surface area contributed by atoms with Crippen molar-refractivity contribution in [2.45, 2.75) is 6.54 Å². The lowest BCUT2D eigenvalue weighted by Gasteiger charge is -2.20. The summed E-state index contributed by atoms with van der Waals surface area (Å²) in [6.45, 7) is 0.438. The summed E-state index contributed by atoms with van der Waals surface area (Å²) in [5.74, 6) is 0.786. The van der Waals surface area contributed by atoms with Crippen molar-refractivity contribution in [2.24, 2.45) is 7.05 Å². The van der Waals surface area contributed by atoms with Crippen molar-refractivity contribution in [1.29, 1.82) is 0 Å². The van der Waals surface area contributed by atoms with Crippen molar-refractivity contribution in [3.05, 3.63) is 64.8 Å². The highest BCUT2D eigenvalue weighted by Crippen LogP contribution is 2.29. The fraction of sp³-hybridized carbons (Fsp3) is 0.158. The van der Waals surface area contributed by atoms with Gasteiger partial charge in [0, 0.05) is 12.6 Å². The molecule has 0 aliphatic heterocycles. The number of hydrogen-bond acceptors (Lipinski definition) is 4. The number of hydrazine groups is 1. The first kappa shape index (κ1) is 18.0. The van der Waals surface area contributed by atoms with Crippen molar-refractivity contribution in [3.8, 4) is 17.0 Å². The molecule has 0 aliphatic carbocycles. The zero-order valence-electron chi connectivity index (χ0n) is 14.5. The highest BCUT2D eigenvalue weighted by atomic mass is 79.9. The first-order chi connectivity index (χ1) is 12.6. The summed E-state index contributed by atoms with van der Waals surface area (Å²) in [5.41, 5.74) is 6.92. The molecule has 0 spiro atoms. The van der Waals surface area contributed by atoms with Gasteiger partial charge in [-0.1, -0.05) is 24.3 Å². The number of halogens is 1. The molecule has 2 aromatic carbocycles. The van der Waals surface area contributed by atoms with Crippen LogP contribution in [0.1, 0.15) is 5.56 Å². The zero-order chi connectivity index (χ0) is 18.5. The summed E-state index contributed by atoms with van der Waals surface area (Å²) in [6, 6.07) is 15.4. The molecule has 134 valence electrons. The molecule has 0 aliphatic rings. The fourth-order valence-corrected chi connectivity index (χ4v) is 3.25. The molecule has 1 aromatic heterocycles. The zero-order valence-corrected chi connectivity index (χ0v) is 16.1. The predicted octanol–water partition coefficient (Wildman–Crippen LogP) is 3.84. The minimum Gasteiger partial charge on any atom is -0.497 e. The Labute approximate surface area is 160 Å². The number of ether oxygens (including phenoxy) is 1. The molecule has 7 heteroatoms. The number of nitrogens with zero attached hydrogens (tertiary/aromatic N) is 3. The Morgan fingerprint density at radius 3 is 2.65 bits per heavy atom. The third kappa shape index (κ3) is 4.05. The molecule has 0 saturated heterocycles. The van der Waals surface area contributed by atoms with E-state index in [2.05, 4.69) is 26.5 Å². The molecule has 1 N–H and O–H groups in total. The number of nitrogens with one attached hydrogen (secondary N) is 1. The molecular formula is C19H19BrN4O2. The summed E-state index contributed by atoms with van der Waals surface area (Å²) in [7, 11) is 3.52.